The summed E-state index contributed by atoms with van der Waals surface area (Å²) in [5.41, 5.74) is 0.364. The molecule has 0 aliphatic carbocycles. The zero-order valence-electron chi connectivity index (χ0n) is 11.9. The summed E-state index contributed by atoms with van der Waals surface area (Å²) in [6, 6.07) is 6.08. The molecular weight excluding hydrogens is 290 g/mol. The number of rotatable bonds is 3. The molecule has 1 aliphatic heterocycles. The van der Waals surface area contributed by atoms with Gasteiger partial charge in [-0.05, 0) is 24.5 Å². The fourth-order valence-electron chi connectivity index (χ4n) is 2.60. The van der Waals surface area contributed by atoms with Crippen LogP contribution in [0.2, 0.25) is 0 Å². The van der Waals surface area contributed by atoms with E-state index >= 15 is 0 Å². The zero-order chi connectivity index (χ0) is 15.5. The Kier molecular flexibility index (Phi) is 5.01. The summed E-state index contributed by atoms with van der Waals surface area (Å²) in [7, 11) is -3.70. The van der Waals surface area contributed by atoms with Crippen LogP contribution in [0.4, 0.5) is 0 Å². The van der Waals surface area contributed by atoms with Crippen molar-refractivity contribution in [2.75, 3.05) is 19.8 Å². The number of aliphatic hydroxyl groups is 2. The molecule has 1 heterocycles. The van der Waals surface area contributed by atoms with Crippen LogP contribution >= 0.6 is 0 Å². The van der Waals surface area contributed by atoms with Crippen LogP contribution in [0.3, 0.4) is 0 Å². The van der Waals surface area contributed by atoms with Gasteiger partial charge in [0, 0.05) is 12.1 Å². The number of sulfonamides is 1. The number of benzene rings is 1. The lowest BCUT2D eigenvalue weighted by atomic mass is 10.0. The minimum absolute atomic E-state index is 0.124. The molecule has 1 fully saturated rings. The van der Waals surface area contributed by atoms with Gasteiger partial charge in [-0.3, -0.25) is 0 Å². The number of hydrogen-bond donors (Lipinski definition) is 2. The molecule has 2 atom stereocenters. The van der Waals surface area contributed by atoms with Gasteiger partial charge in [-0.1, -0.05) is 30.9 Å². The van der Waals surface area contributed by atoms with E-state index in [9.17, 15) is 13.5 Å². The summed E-state index contributed by atoms with van der Waals surface area (Å²) in [6.07, 6.45) is 0.731. The summed E-state index contributed by atoms with van der Waals surface area (Å²) in [5.74, 6) is 5.27. The molecule has 1 aromatic carbocycles. The first-order valence-corrected chi connectivity index (χ1v) is 8.28. The molecule has 2 rings (SSSR count). The van der Waals surface area contributed by atoms with Gasteiger partial charge >= 0.3 is 0 Å². The minimum atomic E-state index is -3.70. The molecule has 0 amide bonds. The maximum absolute atomic E-state index is 12.8. The largest absolute Gasteiger partial charge is 0.395 e. The van der Waals surface area contributed by atoms with E-state index in [-0.39, 0.29) is 24.0 Å². The highest BCUT2D eigenvalue weighted by molar-refractivity contribution is 7.89. The molecule has 1 aliphatic rings. The van der Waals surface area contributed by atoms with Crippen LogP contribution in [-0.2, 0) is 10.0 Å². The van der Waals surface area contributed by atoms with Gasteiger partial charge in [0.15, 0.2) is 0 Å². The van der Waals surface area contributed by atoms with Crippen LogP contribution in [0.25, 0.3) is 0 Å². The molecule has 6 heteroatoms. The van der Waals surface area contributed by atoms with Gasteiger partial charge in [0.05, 0.1) is 17.5 Å². The molecule has 0 bridgehead atoms. The van der Waals surface area contributed by atoms with Gasteiger partial charge in [0.2, 0.25) is 10.0 Å². The lowest BCUT2D eigenvalue weighted by Crippen LogP contribution is -2.40. The van der Waals surface area contributed by atoms with E-state index in [4.69, 9.17) is 5.11 Å². The Morgan fingerprint density at radius 1 is 1.33 bits per heavy atom. The highest BCUT2D eigenvalue weighted by atomic mass is 32.2. The van der Waals surface area contributed by atoms with Gasteiger partial charge in [0.1, 0.15) is 6.61 Å². The molecule has 1 saturated heterocycles. The predicted octanol–water partition coefficient (Wildman–Crippen LogP) is 0.422. The summed E-state index contributed by atoms with van der Waals surface area (Å²) in [4.78, 5) is 0.124. The monoisotopic (exact) mass is 309 g/mol. The van der Waals surface area contributed by atoms with Gasteiger partial charge in [-0.25, -0.2) is 8.42 Å². The van der Waals surface area contributed by atoms with Crippen molar-refractivity contribution in [3.05, 3.63) is 29.8 Å². The Labute approximate surface area is 125 Å². The van der Waals surface area contributed by atoms with Gasteiger partial charge in [-0.2, -0.15) is 4.31 Å². The second kappa shape index (κ2) is 6.58. The Balaban J connectivity index is 2.45. The summed E-state index contributed by atoms with van der Waals surface area (Å²) in [5, 5.41) is 18.2. The van der Waals surface area contributed by atoms with E-state index in [0.29, 0.717) is 12.1 Å². The van der Waals surface area contributed by atoms with Crippen LogP contribution in [0.15, 0.2) is 29.2 Å². The maximum Gasteiger partial charge on any atom is 0.244 e. The molecule has 0 spiro atoms. The average molecular weight is 309 g/mol. The SMILES string of the molecule is CC1CCN(S(=O)(=O)c2ccccc2C#CCO)C1CO. The molecule has 0 saturated carbocycles. The second-order valence-electron chi connectivity index (χ2n) is 5.09. The highest BCUT2D eigenvalue weighted by Gasteiger charge is 2.39. The minimum Gasteiger partial charge on any atom is -0.395 e. The smallest absolute Gasteiger partial charge is 0.244 e. The van der Waals surface area contributed by atoms with Gasteiger partial charge < -0.3 is 10.2 Å². The summed E-state index contributed by atoms with van der Waals surface area (Å²) < 4.78 is 27.0. The van der Waals surface area contributed by atoms with Crippen LogP contribution < -0.4 is 0 Å². The van der Waals surface area contributed by atoms with E-state index in [1.165, 1.54) is 10.4 Å². The molecule has 0 radical (unpaired) electrons. The molecular formula is C15H19NO4S. The van der Waals surface area contributed by atoms with E-state index < -0.39 is 16.1 Å². The standard InChI is InChI=1S/C15H19NO4S/c1-12-8-9-16(14(12)11-18)21(19,20)15-7-3-2-5-13(15)6-4-10-17/h2-3,5,7,12,14,17-18H,8-11H2,1H3. The molecule has 114 valence electrons. The lowest BCUT2D eigenvalue weighted by Gasteiger charge is -2.25. The van der Waals surface area contributed by atoms with Crippen molar-refractivity contribution in [1.29, 1.82) is 0 Å². The van der Waals surface area contributed by atoms with Crippen molar-refractivity contribution in [3.63, 3.8) is 0 Å². The summed E-state index contributed by atoms with van der Waals surface area (Å²) in [6.45, 7) is 1.82. The molecule has 0 aromatic heterocycles. The molecule has 1 aromatic rings. The van der Waals surface area contributed by atoms with Crippen molar-refractivity contribution in [3.8, 4) is 11.8 Å². The van der Waals surface area contributed by atoms with Gasteiger partial charge in [-0.15, -0.1) is 0 Å². The Bertz CT molecular complexity index is 660. The molecule has 2 unspecified atom stereocenters. The Morgan fingerprint density at radius 3 is 2.71 bits per heavy atom. The Hall–Kier alpha value is -1.39. The van der Waals surface area contributed by atoms with Gasteiger partial charge in [0.25, 0.3) is 0 Å². The number of nitrogens with zero attached hydrogens (tertiary/aromatic N) is 1. The maximum atomic E-state index is 12.8. The van der Waals surface area contributed by atoms with E-state index in [0.717, 1.165) is 6.42 Å². The predicted molar refractivity (Wildman–Crippen MR) is 79.0 cm³/mol. The topological polar surface area (TPSA) is 77.8 Å². The van der Waals surface area contributed by atoms with Crippen molar-refractivity contribution < 1.29 is 18.6 Å². The molecule has 21 heavy (non-hydrogen) atoms. The highest BCUT2D eigenvalue weighted by Crippen LogP contribution is 2.30. The third-order valence-corrected chi connectivity index (χ3v) is 5.78. The normalized spacial score (nSPS) is 22.8. The first-order valence-electron chi connectivity index (χ1n) is 6.83. The zero-order valence-corrected chi connectivity index (χ0v) is 12.7. The van der Waals surface area contributed by atoms with E-state index in [1.54, 1.807) is 18.2 Å². The lowest BCUT2D eigenvalue weighted by molar-refractivity contribution is 0.191. The Morgan fingerprint density at radius 2 is 2.05 bits per heavy atom. The van der Waals surface area contributed by atoms with Crippen molar-refractivity contribution in [1.82, 2.24) is 4.31 Å². The average Bonchev–Trinajstić information content (AvgIpc) is 2.87. The number of aliphatic hydroxyl groups excluding tert-OH is 2. The third kappa shape index (κ3) is 3.11. The number of hydrogen-bond acceptors (Lipinski definition) is 4. The van der Waals surface area contributed by atoms with Crippen LogP contribution in [0.1, 0.15) is 18.9 Å². The quantitative estimate of drug-likeness (QED) is 0.793. The second-order valence-corrected chi connectivity index (χ2v) is 6.95. The van der Waals surface area contributed by atoms with Crippen molar-refractivity contribution in [2.45, 2.75) is 24.3 Å². The van der Waals surface area contributed by atoms with Crippen molar-refractivity contribution in [2.24, 2.45) is 5.92 Å². The van der Waals surface area contributed by atoms with Crippen LogP contribution in [-0.4, -0.2) is 48.7 Å². The van der Waals surface area contributed by atoms with E-state index in [1.807, 2.05) is 6.92 Å². The third-order valence-electron chi connectivity index (χ3n) is 3.79. The van der Waals surface area contributed by atoms with Crippen LogP contribution in [0, 0.1) is 17.8 Å². The molecule has 2 N–H and O–H groups in total. The first-order chi connectivity index (χ1) is 10.0. The fourth-order valence-corrected chi connectivity index (χ4v) is 4.48. The van der Waals surface area contributed by atoms with Crippen molar-refractivity contribution >= 4 is 10.0 Å². The van der Waals surface area contributed by atoms with E-state index in [2.05, 4.69) is 11.8 Å². The summed E-state index contributed by atoms with van der Waals surface area (Å²) >= 11 is 0. The van der Waals surface area contributed by atoms with Crippen LogP contribution in [0.5, 0.6) is 0 Å². The first kappa shape index (κ1) is 16.0. The molecule has 5 nitrogen and oxygen atoms in total. The fraction of sp³-hybridized carbons (Fsp3) is 0.467.